The second kappa shape index (κ2) is 10.0. The van der Waals surface area contributed by atoms with Gasteiger partial charge >= 0.3 is 0 Å². The van der Waals surface area contributed by atoms with Crippen molar-refractivity contribution in [2.75, 3.05) is 32.1 Å². The zero-order valence-electron chi connectivity index (χ0n) is 20.4. The molecule has 2 aliphatic rings. The van der Waals surface area contributed by atoms with Crippen LogP contribution in [-0.4, -0.2) is 47.8 Å². The molecule has 3 N–H and O–H groups in total. The molecule has 5 rings (SSSR count). The Bertz CT molecular complexity index is 1400. The van der Waals surface area contributed by atoms with E-state index in [2.05, 4.69) is 27.5 Å². The summed E-state index contributed by atoms with van der Waals surface area (Å²) in [6.07, 6.45) is 6.16. The third-order valence-electron chi connectivity index (χ3n) is 6.65. The molecule has 8 nitrogen and oxygen atoms in total. The predicted molar refractivity (Wildman–Crippen MR) is 139 cm³/mol. The van der Waals surface area contributed by atoms with Gasteiger partial charge < -0.3 is 20.7 Å². The number of halogens is 1. The van der Waals surface area contributed by atoms with Gasteiger partial charge in [0.15, 0.2) is 0 Å². The third-order valence-corrected chi connectivity index (χ3v) is 6.65. The summed E-state index contributed by atoms with van der Waals surface area (Å²) < 4.78 is 21.0. The number of fused-ring (bicyclic) bond motifs is 2. The lowest BCUT2D eigenvalue weighted by atomic mass is 9.95. The van der Waals surface area contributed by atoms with E-state index >= 15 is 0 Å². The second-order valence-electron chi connectivity index (χ2n) is 8.89. The molecular formula is C27H29FN6O2. The number of aromatic nitrogens is 2. The Balaban J connectivity index is 1.49. The highest BCUT2D eigenvalue weighted by molar-refractivity contribution is 6.06. The van der Waals surface area contributed by atoms with Gasteiger partial charge in [-0.15, -0.1) is 0 Å². The minimum Gasteiger partial charge on any atom is -0.381 e. The SMILES string of the molecule is C=C(/C(CNC)=N\C(=C/C)Nc1ccc(-c2cnc3cc(F)ccn23)c2c1C(=O)NC2)[C@H]1CCOC1. The Kier molecular flexibility index (Phi) is 6.67. The van der Waals surface area contributed by atoms with E-state index in [0.717, 1.165) is 41.1 Å². The molecule has 1 saturated heterocycles. The molecule has 3 aromatic rings. The largest absolute Gasteiger partial charge is 0.381 e. The van der Waals surface area contributed by atoms with Crippen LogP contribution in [-0.2, 0) is 11.3 Å². The maximum absolute atomic E-state index is 13.7. The van der Waals surface area contributed by atoms with Crippen LogP contribution < -0.4 is 16.0 Å². The van der Waals surface area contributed by atoms with Crippen LogP contribution in [0.3, 0.4) is 0 Å². The number of aliphatic imine (C=N–C) groups is 1. The average molecular weight is 489 g/mol. The number of nitrogens with one attached hydrogen (secondary N) is 3. The molecule has 36 heavy (non-hydrogen) atoms. The lowest BCUT2D eigenvalue weighted by molar-refractivity contribution is 0.0966. The summed E-state index contributed by atoms with van der Waals surface area (Å²) in [7, 11) is 1.88. The van der Waals surface area contributed by atoms with Crippen LogP contribution in [0.25, 0.3) is 16.9 Å². The van der Waals surface area contributed by atoms with Crippen molar-refractivity contribution < 1.29 is 13.9 Å². The van der Waals surface area contributed by atoms with Crippen molar-refractivity contribution >= 4 is 23.0 Å². The average Bonchev–Trinajstić information content (AvgIpc) is 3.63. The summed E-state index contributed by atoms with van der Waals surface area (Å²) in [6.45, 7) is 8.55. The van der Waals surface area contributed by atoms with Crippen molar-refractivity contribution in [2.45, 2.75) is 19.9 Å². The molecule has 4 heterocycles. The van der Waals surface area contributed by atoms with Gasteiger partial charge in [0, 0.05) is 43.4 Å². The van der Waals surface area contributed by atoms with Gasteiger partial charge in [-0.2, -0.15) is 0 Å². The van der Waals surface area contributed by atoms with Crippen molar-refractivity contribution in [3.63, 3.8) is 0 Å². The van der Waals surface area contributed by atoms with Crippen molar-refractivity contribution in [1.29, 1.82) is 0 Å². The van der Waals surface area contributed by atoms with Gasteiger partial charge in [0.1, 0.15) is 17.3 Å². The molecule has 0 radical (unpaired) electrons. The molecule has 0 aliphatic carbocycles. The van der Waals surface area contributed by atoms with Crippen molar-refractivity contribution in [3.8, 4) is 11.3 Å². The lowest BCUT2D eigenvalue weighted by Gasteiger charge is -2.17. The van der Waals surface area contributed by atoms with Gasteiger partial charge in [0.05, 0.1) is 35.5 Å². The molecule has 2 aromatic heterocycles. The van der Waals surface area contributed by atoms with Gasteiger partial charge in [0.25, 0.3) is 5.91 Å². The molecule has 0 bridgehead atoms. The van der Waals surface area contributed by atoms with Gasteiger partial charge in [-0.3, -0.25) is 9.20 Å². The standard InChI is InChI=1S/C27H29FN6O2/c1-4-24(33-22(13-29-3)16(2)17-8-10-36-15-17)32-21-6-5-19(20-12-31-27(35)26(20)21)23-14-30-25-11-18(28)7-9-34(23)25/h4-7,9,11,14,17,29,32H,2,8,10,12-13,15H2,1,3H3,(H,31,35)/b24-4-,33-22-/t17-/m0/s1. The maximum Gasteiger partial charge on any atom is 0.254 e. The van der Waals surface area contributed by atoms with Crippen LogP contribution in [0.1, 0.15) is 29.3 Å². The number of nitrogens with zero attached hydrogens (tertiary/aromatic N) is 3. The van der Waals surface area contributed by atoms with Crippen LogP contribution >= 0.6 is 0 Å². The summed E-state index contributed by atoms with van der Waals surface area (Å²) in [5.74, 6) is 0.377. The number of hydrogen-bond acceptors (Lipinski definition) is 6. The van der Waals surface area contributed by atoms with Crippen molar-refractivity contribution in [2.24, 2.45) is 10.9 Å². The highest BCUT2D eigenvalue weighted by Gasteiger charge is 2.28. The number of amides is 1. The molecule has 0 saturated carbocycles. The zero-order chi connectivity index (χ0) is 25.2. The Morgan fingerprint density at radius 1 is 1.42 bits per heavy atom. The molecule has 186 valence electrons. The predicted octanol–water partition coefficient (Wildman–Crippen LogP) is 3.91. The first kappa shape index (κ1) is 23.9. The zero-order valence-corrected chi connectivity index (χ0v) is 20.4. The minimum absolute atomic E-state index is 0.156. The normalized spacial score (nSPS) is 18.0. The molecule has 2 aliphatic heterocycles. The Hall–Kier alpha value is -3.82. The first-order chi connectivity index (χ1) is 17.5. The van der Waals surface area contributed by atoms with E-state index in [0.29, 0.717) is 42.4 Å². The molecule has 1 amide bonds. The van der Waals surface area contributed by atoms with Crippen LogP contribution in [0.4, 0.5) is 10.1 Å². The fraction of sp³-hybridized carbons (Fsp3) is 0.296. The molecule has 0 spiro atoms. The quantitative estimate of drug-likeness (QED) is 0.418. The maximum atomic E-state index is 13.7. The Morgan fingerprint density at radius 3 is 3.03 bits per heavy atom. The molecular weight excluding hydrogens is 459 g/mol. The summed E-state index contributed by atoms with van der Waals surface area (Å²) in [5.41, 5.74) is 6.07. The van der Waals surface area contributed by atoms with E-state index in [9.17, 15) is 9.18 Å². The highest BCUT2D eigenvalue weighted by atomic mass is 19.1. The first-order valence-electron chi connectivity index (χ1n) is 12.0. The van der Waals surface area contributed by atoms with Crippen molar-refractivity contribution in [1.82, 2.24) is 20.0 Å². The number of ether oxygens (including phenoxy) is 1. The van der Waals surface area contributed by atoms with E-state index < -0.39 is 0 Å². The molecule has 9 heteroatoms. The van der Waals surface area contributed by atoms with Crippen LogP contribution in [0.5, 0.6) is 0 Å². The molecule has 1 fully saturated rings. The second-order valence-corrected chi connectivity index (χ2v) is 8.89. The van der Waals surface area contributed by atoms with Crippen LogP contribution in [0, 0.1) is 11.7 Å². The fourth-order valence-electron chi connectivity index (χ4n) is 4.73. The number of rotatable bonds is 8. The molecule has 1 atom stereocenters. The van der Waals surface area contributed by atoms with E-state index in [1.54, 1.807) is 12.4 Å². The summed E-state index contributed by atoms with van der Waals surface area (Å²) in [6, 6.07) is 6.60. The number of benzene rings is 1. The number of pyridine rings is 1. The first-order valence-corrected chi connectivity index (χ1v) is 12.0. The molecule has 0 unspecified atom stereocenters. The number of hydrogen-bond donors (Lipinski definition) is 3. The summed E-state index contributed by atoms with van der Waals surface area (Å²) in [4.78, 5) is 22.1. The van der Waals surface area contributed by atoms with Crippen LogP contribution in [0.15, 0.2) is 65.7 Å². The number of carbonyl (C=O) groups excluding carboxylic acids is 1. The van der Waals surface area contributed by atoms with Crippen molar-refractivity contribution in [3.05, 3.63) is 77.7 Å². The Labute approximate surface area is 209 Å². The van der Waals surface area contributed by atoms with E-state index in [-0.39, 0.29) is 17.6 Å². The number of carbonyl (C=O) groups is 1. The Morgan fingerprint density at radius 2 is 2.28 bits per heavy atom. The highest BCUT2D eigenvalue weighted by Crippen LogP contribution is 2.35. The fourth-order valence-corrected chi connectivity index (χ4v) is 4.73. The monoisotopic (exact) mass is 488 g/mol. The van der Waals surface area contributed by atoms with Gasteiger partial charge in [-0.1, -0.05) is 12.6 Å². The number of allylic oxidation sites excluding steroid dienone is 1. The van der Waals surface area contributed by atoms with Crippen LogP contribution in [0.2, 0.25) is 0 Å². The smallest absolute Gasteiger partial charge is 0.254 e. The lowest BCUT2D eigenvalue weighted by Crippen LogP contribution is -2.24. The number of imidazole rings is 1. The van der Waals surface area contributed by atoms with Gasteiger partial charge in [0.2, 0.25) is 0 Å². The van der Waals surface area contributed by atoms with Gasteiger partial charge in [-0.05, 0) is 49.7 Å². The van der Waals surface area contributed by atoms with Gasteiger partial charge in [-0.25, -0.2) is 14.4 Å². The third kappa shape index (κ3) is 4.43. The van der Waals surface area contributed by atoms with E-state index in [4.69, 9.17) is 9.73 Å². The molecule has 1 aromatic carbocycles. The summed E-state index contributed by atoms with van der Waals surface area (Å²) in [5, 5.41) is 9.45. The minimum atomic E-state index is -0.346. The summed E-state index contributed by atoms with van der Waals surface area (Å²) >= 11 is 0. The van der Waals surface area contributed by atoms with E-state index in [1.807, 2.05) is 36.6 Å². The van der Waals surface area contributed by atoms with E-state index in [1.165, 1.54) is 12.1 Å². The number of anilines is 1. The topological polar surface area (TPSA) is 92.0 Å².